The Morgan fingerprint density at radius 1 is 1.06 bits per heavy atom. The van der Waals surface area contributed by atoms with Crippen molar-refractivity contribution in [2.45, 2.75) is 13.2 Å². The first-order valence-electron chi connectivity index (χ1n) is 11.1. The first-order chi connectivity index (χ1) is 17.3. The number of amides is 2. The van der Waals surface area contributed by atoms with Crippen LogP contribution in [0.15, 0.2) is 54.6 Å². The maximum atomic E-state index is 13.3. The Kier molecular flexibility index (Phi) is 7.28. The average Bonchev–Trinajstić information content (AvgIpc) is 2.88. The maximum absolute atomic E-state index is 13.3. The van der Waals surface area contributed by atoms with Gasteiger partial charge in [0, 0.05) is 34.4 Å². The number of ether oxygens (including phenoxy) is 3. The lowest BCUT2D eigenvalue weighted by molar-refractivity contribution is -0.202. The molecule has 4 rings (SSSR count). The number of hydrogen-bond donors (Lipinski definition) is 3. The molecule has 186 valence electrons. The topological polar surface area (TPSA) is 150 Å². The van der Waals surface area contributed by atoms with Crippen LogP contribution in [0.5, 0.6) is 5.88 Å². The summed E-state index contributed by atoms with van der Waals surface area (Å²) in [4.78, 5) is 41.2. The first-order valence-corrected chi connectivity index (χ1v) is 11.1. The van der Waals surface area contributed by atoms with Crippen molar-refractivity contribution in [1.29, 1.82) is 0 Å². The number of nitrogens with one attached hydrogen (secondary N) is 1. The Hall–Kier alpha value is -4.28. The van der Waals surface area contributed by atoms with E-state index in [0.717, 1.165) is 0 Å². The van der Waals surface area contributed by atoms with Crippen LogP contribution in [0.1, 0.15) is 50.0 Å². The average molecular weight is 492 g/mol. The summed E-state index contributed by atoms with van der Waals surface area (Å²) < 4.78 is 16.6. The van der Waals surface area contributed by atoms with E-state index in [0.29, 0.717) is 24.5 Å². The number of aromatic carboxylic acids is 1. The summed E-state index contributed by atoms with van der Waals surface area (Å²) in [5.41, 5.74) is 6.87. The zero-order chi connectivity index (χ0) is 25.8. The van der Waals surface area contributed by atoms with Gasteiger partial charge in [-0.3, -0.25) is 9.59 Å². The number of aromatic nitrogens is 1. The molecule has 10 nitrogen and oxygen atoms in total. The van der Waals surface area contributed by atoms with E-state index < -0.39 is 24.1 Å². The lowest BCUT2D eigenvalue weighted by Crippen LogP contribution is -2.25. The molecule has 0 bridgehead atoms. The quantitative estimate of drug-likeness (QED) is 0.455. The number of nitrogens with zero attached hydrogens (tertiary/aromatic N) is 1. The number of methoxy groups -OCH3 is 1. The summed E-state index contributed by atoms with van der Waals surface area (Å²) in [5.74, 6) is -2.04. The van der Waals surface area contributed by atoms with Crippen molar-refractivity contribution < 1.29 is 33.7 Å². The van der Waals surface area contributed by atoms with E-state index in [1.165, 1.54) is 31.4 Å². The van der Waals surface area contributed by atoms with Gasteiger partial charge in [0.25, 0.3) is 5.91 Å². The third kappa shape index (κ3) is 5.35. The second-order valence-electron chi connectivity index (χ2n) is 8.36. The summed E-state index contributed by atoms with van der Waals surface area (Å²) in [6, 6.07) is 14.0. The number of anilines is 1. The summed E-state index contributed by atoms with van der Waals surface area (Å²) in [6.07, 6.45) is -0.678. The highest BCUT2D eigenvalue weighted by Crippen LogP contribution is 2.33. The molecule has 10 heteroatoms. The Balaban J connectivity index is 1.73. The monoisotopic (exact) mass is 491 g/mol. The van der Waals surface area contributed by atoms with Crippen molar-refractivity contribution in [3.05, 3.63) is 77.0 Å². The molecule has 0 unspecified atom stereocenters. The van der Waals surface area contributed by atoms with E-state index in [9.17, 15) is 19.5 Å². The van der Waals surface area contributed by atoms with Gasteiger partial charge in [-0.15, -0.1) is 0 Å². The fourth-order valence-corrected chi connectivity index (χ4v) is 3.80. The SMILES string of the molecule is COc1ccc(-c2ccc(C3OCC(C)CO3)cc2C(=O)O)c(C(=O)Nc2cccc(C(N)=O)c2)n1. The van der Waals surface area contributed by atoms with Crippen LogP contribution in [0.2, 0.25) is 0 Å². The van der Waals surface area contributed by atoms with E-state index >= 15 is 0 Å². The van der Waals surface area contributed by atoms with Crippen molar-refractivity contribution in [2.24, 2.45) is 11.7 Å². The molecule has 1 aromatic heterocycles. The van der Waals surface area contributed by atoms with Gasteiger partial charge in [-0.05, 0) is 35.9 Å². The highest BCUT2D eigenvalue weighted by Gasteiger charge is 2.25. The van der Waals surface area contributed by atoms with Gasteiger partial charge in [0.05, 0.1) is 25.9 Å². The highest BCUT2D eigenvalue weighted by molar-refractivity contribution is 6.09. The highest BCUT2D eigenvalue weighted by atomic mass is 16.7. The largest absolute Gasteiger partial charge is 0.481 e. The number of primary amides is 1. The summed E-state index contributed by atoms with van der Waals surface area (Å²) >= 11 is 0. The summed E-state index contributed by atoms with van der Waals surface area (Å²) in [7, 11) is 1.41. The summed E-state index contributed by atoms with van der Waals surface area (Å²) in [6.45, 7) is 2.99. The van der Waals surface area contributed by atoms with Crippen LogP contribution in [0.3, 0.4) is 0 Å². The van der Waals surface area contributed by atoms with Crippen molar-refractivity contribution >= 4 is 23.5 Å². The van der Waals surface area contributed by atoms with E-state index in [2.05, 4.69) is 10.3 Å². The van der Waals surface area contributed by atoms with Gasteiger partial charge in [-0.2, -0.15) is 0 Å². The van der Waals surface area contributed by atoms with E-state index in [1.807, 2.05) is 6.92 Å². The molecule has 36 heavy (non-hydrogen) atoms. The minimum atomic E-state index is -1.19. The van der Waals surface area contributed by atoms with Crippen molar-refractivity contribution in [1.82, 2.24) is 4.98 Å². The molecule has 0 spiro atoms. The maximum Gasteiger partial charge on any atom is 0.336 e. The molecule has 2 amide bonds. The van der Waals surface area contributed by atoms with E-state index in [1.54, 1.807) is 30.3 Å². The molecule has 1 fully saturated rings. The molecule has 0 atom stereocenters. The molecule has 2 heterocycles. The van der Waals surface area contributed by atoms with Crippen LogP contribution in [0.25, 0.3) is 11.1 Å². The molecule has 0 saturated carbocycles. The lowest BCUT2D eigenvalue weighted by Gasteiger charge is -2.28. The lowest BCUT2D eigenvalue weighted by atomic mass is 9.95. The van der Waals surface area contributed by atoms with Gasteiger partial charge in [0.1, 0.15) is 5.69 Å². The third-order valence-corrected chi connectivity index (χ3v) is 5.60. The van der Waals surface area contributed by atoms with Crippen LogP contribution >= 0.6 is 0 Å². The van der Waals surface area contributed by atoms with E-state index in [-0.39, 0.29) is 39.7 Å². The number of benzene rings is 2. The molecular weight excluding hydrogens is 466 g/mol. The molecule has 0 aliphatic carbocycles. The minimum absolute atomic E-state index is 0.0462. The van der Waals surface area contributed by atoms with Gasteiger partial charge in [0.2, 0.25) is 11.8 Å². The number of carboxylic acid groups (broad SMARTS) is 1. The fraction of sp³-hybridized carbons (Fsp3) is 0.231. The van der Waals surface area contributed by atoms with Crippen LogP contribution < -0.4 is 15.8 Å². The smallest absolute Gasteiger partial charge is 0.336 e. The molecule has 1 aliphatic heterocycles. The standard InChI is InChI=1S/C26H25N3O7/c1-14-12-35-26(36-13-14)16-6-7-18(20(11-16)25(32)33)19-8-9-21(34-2)29-22(19)24(31)28-17-5-3-4-15(10-17)23(27)30/h3-11,14,26H,12-13H2,1-2H3,(H2,27,30)(H,28,31)(H,32,33). The second-order valence-corrected chi connectivity index (χ2v) is 8.36. The predicted octanol–water partition coefficient (Wildman–Crippen LogP) is 3.49. The molecule has 4 N–H and O–H groups in total. The van der Waals surface area contributed by atoms with Crippen molar-refractivity contribution in [2.75, 3.05) is 25.6 Å². The van der Waals surface area contributed by atoms with Gasteiger partial charge in [-0.25, -0.2) is 9.78 Å². The number of hydrogen-bond acceptors (Lipinski definition) is 7. The molecule has 2 aromatic carbocycles. The second kappa shape index (κ2) is 10.5. The summed E-state index contributed by atoms with van der Waals surface area (Å²) in [5, 5.41) is 12.6. The van der Waals surface area contributed by atoms with Gasteiger partial charge >= 0.3 is 5.97 Å². The Morgan fingerprint density at radius 3 is 2.44 bits per heavy atom. The van der Waals surface area contributed by atoms with Crippen LogP contribution in [0, 0.1) is 5.92 Å². The molecule has 1 aliphatic rings. The molecular formula is C26H25N3O7. The normalized spacial score (nSPS) is 17.3. The number of nitrogens with two attached hydrogens (primary N) is 1. The first kappa shape index (κ1) is 24.8. The predicted molar refractivity (Wildman–Crippen MR) is 130 cm³/mol. The van der Waals surface area contributed by atoms with Crippen LogP contribution in [0.4, 0.5) is 5.69 Å². The van der Waals surface area contributed by atoms with Crippen LogP contribution in [-0.4, -0.2) is 48.2 Å². The fourth-order valence-electron chi connectivity index (χ4n) is 3.80. The Morgan fingerprint density at radius 2 is 1.78 bits per heavy atom. The molecule has 0 radical (unpaired) electrons. The van der Waals surface area contributed by atoms with Crippen molar-refractivity contribution in [3.8, 4) is 17.0 Å². The van der Waals surface area contributed by atoms with Gasteiger partial charge in [0.15, 0.2) is 6.29 Å². The molecule has 3 aromatic rings. The number of pyridine rings is 1. The zero-order valence-electron chi connectivity index (χ0n) is 19.7. The van der Waals surface area contributed by atoms with Gasteiger partial charge < -0.3 is 30.4 Å². The molecule has 1 saturated heterocycles. The van der Waals surface area contributed by atoms with E-state index in [4.69, 9.17) is 19.9 Å². The number of rotatable bonds is 7. The van der Waals surface area contributed by atoms with Gasteiger partial charge in [-0.1, -0.05) is 25.1 Å². The van der Waals surface area contributed by atoms with Crippen molar-refractivity contribution in [3.63, 3.8) is 0 Å². The Bertz CT molecular complexity index is 1320. The Labute approximate surface area is 207 Å². The number of carbonyl (C=O) groups is 3. The van der Waals surface area contributed by atoms with Crippen LogP contribution in [-0.2, 0) is 9.47 Å². The number of carboxylic acids is 1. The number of carbonyl (C=O) groups excluding carboxylic acids is 2. The third-order valence-electron chi connectivity index (χ3n) is 5.60. The minimum Gasteiger partial charge on any atom is -0.481 e. The zero-order valence-corrected chi connectivity index (χ0v) is 19.7.